The fourth-order valence-corrected chi connectivity index (χ4v) is 2.50. The smallest absolute Gasteiger partial charge is 0.271 e. The fourth-order valence-electron chi connectivity index (χ4n) is 2.36. The molecule has 0 bridgehead atoms. The molecule has 2 heterocycles. The molecule has 12 heteroatoms. The number of azo groups is 1. The van der Waals surface area contributed by atoms with Crippen LogP contribution in [0, 0.1) is 6.92 Å². The summed E-state index contributed by atoms with van der Waals surface area (Å²) in [5, 5.41) is 11.5. The molecule has 150 valence electrons. The number of aryl methyl sites for hydroxylation is 2. The van der Waals surface area contributed by atoms with Crippen LogP contribution in [0.2, 0.25) is 5.15 Å². The monoisotopic (exact) mass is 423 g/mol. The van der Waals surface area contributed by atoms with E-state index in [9.17, 15) is 18.0 Å². The van der Waals surface area contributed by atoms with E-state index < -0.39 is 17.6 Å². The van der Waals surface area contributed by atoms with E-state index >= 15 is 0 Å². The molecule has 0 radical (unpaired) electrons. The second-order valence-electron chi connectivity index (χ2n) is 5.96. The van der Waals surface area contributed by atoms with Crippen molar-refractivity contribution in [2.45, 2.75) is 26.1 Å². The number of hydrogen-bond donors (Lipinski definition) is 0. The van der Waals surface area contributed by atoms with Gasteiger partial charge in [-0.2, -0.15) is 18.3 Å². The highest BCUT2D eigenvalue weighted by molar-refractivity contribution is 6.29. The predicted octanol–water partition coefficient (Wildman–Crippen LogP) is 4.42. The van der Waals surface area contributed by atoms with Crippen molar-refractivity contribution in [2.75, 3.05) is 0 Å². The number of aromatic nitrogens is 5. The molecule has 3 rings (SSSR count). The standard InChI is InChI=1S/C17H13ClF3N7O/c1-10-4-11(6-12(5-10)17(19,20)21)16-24-9-28(27-16)3-2-15(29)26-25-14-7-13(18)22-8-23-14/h4-9H,2-3H2,1H3. The molecule has 0 unspecified atom stereocenters. The predicted molar refractivity (Wildman–Crippen MR) is 96.4 cm³/mol. The van der Waals surface area contributed by atoms with Gasteiger partial charge in [-0.25, -0.2) is 15.0 Å². The molecule has 8 nitrogen and oxygen atoms in total. The average Bonchev–Trinajstić information content (AvgIpc) is 3.13. The van der Waals surface area contributed by atoms with Gasteiger partial charge in [0.2, 0.25) is 0 Å². The lowest BCUT2D eigenvalue weighted by Crippen LogP contribution is -2.06. The third kappa shape index (κ3) is 5.64. The van der Waals surface area contributed by atoms with Crippen LogP contribution in [0.1, 0.15) is 17.5 Å². The van der Waals surface area contributed by atoms with E-state index in [1.807, 2.05) is 0 Å². The molecule has 29 heavy (non-hydrogen) atoms. The first-order valence-electron chi connectivity index (χ1n) is 8.21. The Balaban J connectivity index is 1.65. The SMILES string of the molecule is Cc1cc(-c2ncn(CCC(=O)N=Nc3cc(Cl)ncn3)n2)cc(C(F)(F)F)c1. The second kappa shape index (κ2) is 8.43. The first-order chi connectivity index (χ1) is 13.7. The van der Waals surface area contributed by atoms with Gasteiger partial charge in [-0.15, -0.1) is 10.2 Å². The summed E-state index contributed by atoms with van der Waals surface area (Å²) in [6.45, 7) is 1.69. The van der Waals surface area contributed by atoms with Gasteiger partial charge in [0.25, 0.3) is 5.91 Å². The Labute approximate surface area is 167 Å². The Morgan fingerprint density at radius 3 is 2.69 bits per heavy atom. The molecule has 1 aromatic carbocycles. The molecule has 1 amide bonds. The van der Waals surface area contributed by atoms with Crippen LogP contribution in [0.3, 0.4) is 0 Å². The van der Waals surface area contributed by atoms with Gasteiger partial charge in [0.15, 0.2) is 11.6 Å². The highest BCUT2D eigenvalue weighted by Crippen LogP contribution is 2.32. The number of hydrogen-bond acceptors (Lipinski definition) is 6. The van der Waals surface area contributed by atoms with Crippen molar-refractivity contribution in [3.8, 4) is 11.4 Å². The van der Waals surface area contributed by atoms with Crippen molar-refractivity contribution >= 4 is 23.3 Å². The van der Waals surface area contributed by atoms with Gasteiger partial charge in [0, 0.05) is 11.6 Å². The summed E-state index contributed by atoms with van der Waals surface area (Å²) in [4.78, 5) is 23.3. The molecule has 0 aliphatic heterocycles. The first-order valence-corrected chi connectivity index (χ1v) is 8.59. The topological polar surface area (TPSA) is 98.3 Å². The van der Waals surface area contributed by atoms with Crippen LogP contribution in [0.25, 0.3) is 11.4 Å². The van der Waals surface area contributed by atoms with Crippen LogP contribution in [0.5, 0.6) is 0 Å². The van der Waals surface area contributed by atoms with Gasteiger partial charge < -0.3 is 0 Å². The van der Waals surface area contributed by atoms with Gasteiger partial charge in [0.05, 0.1) is 18.5 Å². The van der Waals surface area contributed by atoms with Crippen LogP contribution < -0.4 is 0 Å². The number of benzene rings is 1. The summed E-state index contributed by atoms with van der Waals surface area (Å²) < 4.78 is 40.3. The van der Waals surface area contributed by atoms with E-state index in [1.54, 1.807) is 13.0 Å². The van der Waals surface area contributed by atoms with Crippen LogP contribution in [0.15, 0.2) is 47.1 Å². The molecular weight excluding hydrogens is 411 g/mol. The summed E-state index contributed by atoms with van der Waals surface area (Å²) in [7, 11) is 0. The zero-order valence-corrected chi connectivity index (χ0v) is 15.7. The number of amides is 1. The Hall–Kier alpha value is -3.21. The average molecular weight is 424 g/mol. The van der Waals surface area contributed by atoms with E-state index in [1.165, 1.54) is 23.4 Å². The van der Waals surface area contributed by atoms with Gasteiger partial charge in [-0.05, 0) is 30.7 Å². The van der Waals surface area contributed by atoms with Crippen LogP contribution >= 0.6 is 11.6 Å². The van der Waals surface area contributed by atoms with Gasteiger partial charge in [-0.1, -0.05) is 11.6 Å². The third-order valence-corrected chi connectivity index (χ3v) is 3.84. The van der Waals surface area contributed by atoms with Crippen molar-refractivity contribution in [1.82, 2.24) is 24.7 Å². The maximum atomic E-state index is 13.0. The van der Waals surface area contributed by atoms with Gasteiger partial charge >= 0.3 is 6.18 Å². The van der Waals surface area contributed by atoms with Crippen molar-refractivity contribution in [3.63, 3.8) is 0 Å². The van der Waals surface area contributed by atoms with E-state index in [0.717, 1.165) is 12.1 Å². The maximum Gasteiger partial charge on any atom is 0.416 e. The lowest BCUT2D eigenvalue weighted by molar-refractivity contribution is -0.137. The molecule has 3 aromatic rings. The Morgan fingerprint density at radius 1 is 1.17 bits per heavy atom. The molecule has 0 N–H and O–H groups in total. The number of halogens is 4. The number of rotatable bonds is 5. The van der Waals surface area contributed by atoms with Crippen LogP contribution in [0.4, 0.5) is 19.0 Å². The van der Waals surface area contributed by atoms with E-state index in [0.29, 0.717) is 5.56 Å². The number of carbonyl (C=O) groups is 1. The molecular formula is C17H13ClF3N7O. The minimum atomic E-state index is -4.46. The van der Waals surface area contributed by atoms with Gasteiger partial charge in [-0.3, -0.25) is 9.48 Å². The Morgan fingerprint density at radius 2 is 1.97 bits per heavy atom. The zero-order chi connectivity index (χ0) is 21.0. The summed E-state index contributed by atoms with van der Waals surface area (Å²) in [6, 6.07) is 4.94. The third-order valence-electron chi connectivity index (χ3n) is 3.64. The minimum Gasteiger partial charge on any atom is -0.271 e. The lowest BCUT2D eigenvalue weighted by Gasteiger charge is -2.09. The Bertz CT molecular complexity index is 1070. The highest BCUT2D eigenvalue weighted by atomic mass is 35.5. The summed E-state index contributed by atoms with van der Waals surface area (Å²) in [5.74, 6) is -0.267. The highest BCUT2D eigenvalue weighted by Gasteiger charge is 2.31. The molecule has 0 aliphatic rings. The zero-order valence-electron chi connectivity index (χ0n) is 14.9. The molecule has 0 spiro atoms. The quantitative estimate of drug-likeness (QED) is 0.447. The second-order valence-corrected chi connectivity index (χ2v) is 6.35. The molecule has 0 saturated carbocycles. The van der Waals surface area contributed by atoms with Crippen molar-refractivity contribution in [3.05, 3.63) is 53.2 Å². The van der Waals surface area contributed by atoms with E-state index in [4.69, 9.17) is 11.6 Å². The summed E-state index contributed by atoms with van der Waals surface area (Å²) >= 11 is 5.68. The molecule has 0 atom stereocenters. The fraction of sp³-hybridized carbons (Fsp3) is 0.235. The largest absolute Gasteiger partial charge is 0.416 e. The normalized spacial score (nSPS) is 11.9. The van der Waals surface area contributed by atoms with E-state index in [2.05, 4.69) is 30.3 Å². The van der Waals surface area contributed by atoms with Crippen molar-refractivity contribution in [2.24, 2.45) is 10.2 Å². The number of nitrogens with zero attached hydrogens (tertiary/aromatic N) is 7. The number of carbonyl (C=O) groups excluding carboxylic acids is 1. The molecule has 0 saturated heterocycles. The summed E-state index contributed by atoms with van der Waals surface area (Å²) in [5.41, 5.74) is -0.0985. The van der Waals surface area contributed by atoms with Crippen LogP contribution in [-0.2, 0) is 17.5 Å². The van der Waals surface area contributed by atoms with E-state index in [-0.39, 0.29) is 35.3 Å². The number of alkyl halides is 3. The summed E-state index contributed by atoms with van der Waals surface area (Å²) in [6.07, 6.45) is -1.98. The molecule has 0 aliphatic carbocycles. The Kier molecular flexibility index (Phi) is 5.97. The first kappa shape index (κ1) is 20.5. The lowest BCUT2D eigenvalue weighted by atomic mass is 10.1. The minimum absolute atomic E-state index is 0.0350. The van der Waals surface area contributed by atoms with Crippen molar-refractivity contribution in [1.29, 1.82) is 0 Å². The van der Waals surface area contributed by atoms with Crippen molar-refractivity contribution < 1.29 is 18.0 Å². The van der Waals surface area contributed by atoms with Gasteiger partial charge in [0.1, 0.15) is 17.8 Å². The van der Waals surface area contributed by atoms with Crippen LogP contribution in [-0.4, -0.2) is 30.6 Å². The molecule has 2 aromatic heterocycles. The molecule has 0 fully saturated rings. The maximum absolute atomic E-state index is 13.0.